The fourth-order valence-electron chi connectivity index (χ4n) is 2.88. The molecule has 26 heavy (non-hydrogen) atoms. The molecule has 1 aromatic carbocycles. The molecule has 9 nitrogen and oxygen atoms in total. The van der Waals surface area contributed by atoms with Gasteiger partial charge in [-0.2, -0.15) is 19.7 Å². The molecule has 2 N–H and O–H groups in total. The van der Waals surface area contributed by atoms with E-state index in [2.05, 4.69) is 20.7 Å². The van der Waals surface area contributed by atoms with Crippen molar-refractivity contribution < 1.29 is 13.2 Å². The predicted octanol–water partition coefficient (Wildman–Crippen LogP) is 0.179. The van der Waals surface area contributed by atoms with Gasteiger partial charge >= 0.3 is 0 Å². The number of nitrogens with one attached hydrogen (secondary N) is 2. The minimum atomic E-state index is -3.58. The molecule has 0 saturated carbocycles. The highest BCUT2D eigenvalue weighted by Gasteiger charge is 2.29. The summed E-state index contributed by atoms with van der Waals surface area (Å²) in [6, 6.07) is 4.86. The topological polar surface area (TPSA) is 111 Å². The van der Waals surface area contributed by atoms with Gasteiger partial charge in [-0.25, -0.2) is 8.42 Å². The van der Waals surface area contributed by atoms with Crippen LogP contribution in [0.25, 0.3) is 11.0 Å². The van der Waals surface area contributed by atoms with Crippen LogP contribution in [0.5, 0.6) is 0 Å². The third-order valence-corrected chi connectivity index (χ3v) is 6.54. The molecule has 0 spiro atoms. The second-order valence-electron chi connectivity index (χ2n) is 6.53. The summed E-state index contributed by atoms with van der Waals surface area (Å²) >= 11 is 0. The smallest absolute Gasteiger partial charge is 0.243 e. The Hall–Kier alpha value is -2.04. The van der Waals surface area contributed by atoms with Crippen molar-refractivity contribution in [2.24, 2.45) is 0 Å². The highest BCUT2D eigenvalue weighted by molar-refractivity contribution is 7.89. The number of benzene rings is 1. The quantitative estimate of drug-likeness (QED) is 0.739. The predicted molar refractivity (Wildman–Crippen MR) is 97.0 cm³/mol. The number of amides is 1. The van der Waals surface area contributed by atoms with Crippen LogP contribution in [0.2, 0.25) is 0 Å². The van der Waals surface area contributed by atoms with Crippen LogP contribution in [0, 0.1) is 0 Å². The van der Waals surface area contributed by atoms with E-state index in [0.29, 0.717) is 43.8 Å². The van der Waals surface area contributed by atoms with Crippen LogP contribution < -0.4 is 5.32 Å². The van der Waals surface area contributed by atoms with Gasteiger partial charge in [0, 0.05) is 32.2 Å². The van der Waals surface area contributed by atoms with Crippen molar-refractivity contribution in [2.45, 2.75) is 31.2 Å². The van der Waals surface area contributed by atoms with Gasteiger partial charge in [0.05, 0.1) is 11.4 Å². The summed E-state index contributed by atoms with van der Waals surface area (Å²) in [7, 11) is -3.58. The minimum Gasteiger partial charge on any atom is -0.353 e. The summed E-state index contributed by atoms with van der Waals surface area (Å²) in [6.07, 6.45) is 0.883. The molecule has 2 heterocycles. The molecule has 1 aliphatic rings. The van der Waals surface area contributed by atoms with Gasteiger partial charge in [-0.05, 0) is 31.5 Å². The number of aromatic amines is 1. The summed E-state index contributed by atoms with van der Waals surface area (Å²) in [5.41, 5.74) is 1.15. The first-order valence-corrected chi connectivity index (χ1v) is 10.2. The molecule has 0 bridgehead atoms. The van der Waals surface area contributed by atoms with E-state index in [1.165, 1.54) is 10.4 Å². The van der Waals surface area contributed by atoms with Gasteiger partial charge < -0.3 is 5.32 Å². The Labute approximate surface area is 152 Å². The monoisotopic (exact) mass is 380 g/mol. The average molecular weight is 380 g/mol. The summed E-state index contributed by atoms with van der Waals surface area (Å²) in [6.45, 7) is 6.05. The number of rotatable bonds is 6. The first kappa shape index (κ1) is 18.7. The maximum Gasteiger partial charge on any atom is 0.243 e. The van der Waals surface area contributed by atoms with Crippen LogP contribution in [-0.4, -0.2) is 77.7 Å². The van der Waals surface area contributed by atoms with Crippen molar-refractivity contribution in [1.82, 2.24) is 29.9 Å². The SMILES string of the molecule is CC[C@@H](C)NC(=O)CN1CCN(S(=O)(=O)c2ccc3n[nH]nc3c2)CC1. The molecule has 1 amide bonds. The van der Waals surface area contributed by atoms with Crippen molar-refractivity contribution in [3.63, 3.8) is 0 Å². The van der Waals surface area contributed by atoms with Crippen LogP contribution in [0.4, 0.5) is 0 Å². The number of nitrogens with zero attached hydrogens (tertiary/aromatic N) is 4. The van der Waals surface area contributed by atoms with Crippen LogP contribution in [-0.2, 0) is 14.8 Å². The van der Waals surface area contributed by atoms with E-state index in [9.17, 15) is 13.2 Å². The molecule has 0 unspecified atom stereocenters. The van der Waals surface area contributed by atoms with Crippen LogP contribution >= 0.6 is 0 Å². The second kappa shape index (κ2) is 7.68. The molecule has 2 aromatic rings. The van der Waals surface area contributed by atoms with E-state index in [1.54, 1.807) is 12.1 Å². The van der Waals surface area contributed by atoms with Crippen LogP contribution in [0.1, 0.15) is 20.3 Å². The number of hydrogen-bond acceptors (Lipinski definition) is 6. The molecule has 1 atom stereocenters. The first-order valence-electron chi connectivity index (χ1n) is 8.72. The average Bonchev–Trinajstić information content (AvgIpc) is 3.09. The third-order valence-electron chi connectivity index (χ3n) is 4.64. The first-order chi connectivity index (χ1) is 12.4. The number of carbonyl (C=O) groups excluding carboxylic acids is 1. The Morgan fingerprint density at radius 3 is 2.62 bits per heavy atom. The summed E-state index contributed by atoms with van der Waals surface area (Å²) in [4.78, 5) is 14.2. The molecule has 142 valence electrons. The van der Waals surface area contributed by atoms with E-state index < -0.39 is 10.0 Å². The number of aromatic nitrogens is 3. The van der Waals surface area contributed by atoms with Crippen molar-refractivity contribution in [1.29, 1.82) is 0 Å². The summed E-state index contributed by atoms with van der Waals surface area (Å²) < 4.78 is 27.1. The zero-order valence-corrected chi connectivity index (χ0v) is 15.8. The molecule has 10 heteroatoms. The van der Waals surface area contributed by atoms with Gasteiger partial charge in [-0.1, -0.05) is 6.92 Å². The Morgan fingerprint density at radius 1 is 1.23 bits per heavy atom. The zero-order chi connectivity index (χ0) is 18.7. The van der Waals surface area contributed by atoms with Gasteiger partial charge in [-0.3, -0.25) is 9.69 Å². The van der Waals surface area contributed by atoms with Crippen molar-refractivity contribution in [2.75, 3.05) is 32.7 Å². The zero-order valence-electron chi connectivity index (χ0n) is 15.0. The fraction of sp³-hybridized carbons (Fsp3) is 0.562. The van der Waals surface area contributed by atoms with Crippen molar-refractivity contribution in [3.8, 4) is 0 Å². The maximum absolute atomic E-state index is 12.8. The van der Waals surface area contributed by atoms with Crippen molar-refractivity contribution in [3.05, 3.63) is 18.2 Å². The molecule has 1 aliphatic heterocycles. The second-order valence-corrected chi connectivity index (χ2v) is 8.47. The van der Waals surface area contributed by atoms with E-state index in [1.807, 2.05) is 18.7 Å². The number of hydrogen-bond donors (Lipinski definition) is 2. The van der Waals surface area contributed by atoms with Gasteiger partial charge in [0.1, 0.15) is 11.0 Å². The lowest BCUT2D eigenvalue weighted by atomic mass is 10.2. The lowest BCUT2D eigenvalue weighted by Gasteiger charge is -2.33. The highest BCUT2D eigenvalue weighted by Crippen LogP contribution is 2.20. The number of H-pyrrole nitrogens is 1. The lowest BCUT2D eigenvalue weighted by molar-refractivity contribution is -0.123. The Bertz CT molecular complexity index is 873. The van der Waals surface area contributed by atoms with Gasteiger partial charge in [0.25, 0.3) is 0 Å². The molecular weight excluding hydrogens is 356 g/mol. The highest BCUT2D eigenvalue weighted by atomic mass is 32.2. The summed E-state index contributed by atoms with van der Waals surface area (Å²) in [5.74, 6) is -0.0212. The van der Waals surface area contributed by atoms with Gasteiger partial charge in [0.15, 0.2) is 0 Å². The molecule has 1 aromatic heterocycles. The Balaban J connectivity index is 1.60. The number of fused-ring (bicyclic) bond motifs is 1. The molecule has 0 radical (unpaired) electrons. The van der Waals surface area contributed by atoms with Gasteiger partial charge in [0.2, 0.25) is 15.9 Å². The largest absolute Gasteiger partial charge is 0.353 e. The number of sulfonamides is 1. The number of piperazine rings is 1. The Morgan fingerprint density at radius 2 is 1.92 bits per heavy atom. The van der Waals surface area contributed by atoms with Crippen molar-refractivity contribution >= 4 is 27.0 Å². The van der Waals surface area contributed by atoms with Crippen LogP contribution in [0.3, 0.4) is 0 Å². The third kappa shape index (κ3) is 4.02. The van der Waals surface area contributed by atoms with E-state index in [4.69, 9.17) is 0 Å². The molecule has 1 fully saturated rings. The Kier molecular flexibility index (Phi) is 5.54. The summed E-state index contributed by atoms with van der Waals surface area (Å²) in [5, 5.41) is 13.3. The number of carbonyl (C=O) groups is 1. The molecule has 3 rings (SSSR count). The van der Waals surface area contributed by atoms with Gasteiger partial charge in [-0.15, -0.1) is 0 Å². The lowest BCUT2D eigenvalue weighted by Crippen LogP contribution is -2.51. The molecule has 0 aliphatic carbocycles. The minimum absolute atomic E-state index is 0.0212. The standard InChI is InChI=1S/C16H24N6O3S/c1-3-12(2)17-16(23)11-21-6-8-22(9-7-21)26(24,25)13-4-5-14-15(10-13)19-20-18-14/h4-5,10,12H,3,6-9,11H2,1-2H3,(H,17,23)(H,18,19,20)/t12-/m1/s1. The normalized spacial score (nSPS) is 18.1. The molecule has 1 saturated heterocycles. The maximum atomic E-state index is 12.8. The fourth-order valence-corrected chi connectivity index (χ4v) is 4.33. The van der Waals surface area contributed by atoms with E-state index in [-0.39, 0.29) is 16.8 Å². The molecular formula is C16H24N6O3S. The van der Waals surface area contributed by atoms with E-state index in [0.717, 1.165) is 6.42 Å². The van der Waals surface area contributed by atoms with E-state index >= 15 is 0 Å². The van der Waals surface area contributed by atoms with Crippen LogP contribution in [0.15, 0.2) is 23.1 Å².